The monoisotopic (exact) mass is 238 g/mol. The van der Waals surface area contributed by atoms with Crippen molar-refractivity contribution in [3.63, 3.8) is 0 Å². The Hall–Kier alpha value is -1.40. The van der Waals surface area contributed by atoms with Crippen molar-refractivity contribution in [2.24, 2.45) is 0 Å². The van der Waals surface area contributed by atoms with Gasteiger partial charge in [0.2, 0.25) is 5.95 Å². The molecule has 1 aliphatic rings. The smallest absolute Gasteiger partial charge is 0.254 e. The van der Waals surface area contributed by atoms with Gasteiger partial charge in [0, 0.05) is 26.2 Å². The quantitative estimate of drug-likeness (QED) is 0.769. The number of rotatable bonds is 1. The Morgan fingerprint density at radius 2 is 2.12 bits per heavy atom. The average Bonchev–Trinajstić information content (AvgIpc) is 2.73. The number of aromatic nitrogens is 4. The average molecular weight is 239 g/mol. The highest BCUT2D eigenvalue weighted by Crippen LogP contribution is 2.12. The van der Waals surface area contributed by atoms with Crippen molar-refractivity contribution >= 4 is 23.3 Å². The van der Waals surface area contributed by atoms with E-state index in [4.69, 9.17) is 11.6 Å². The molecule has 3 rings (SSSR count). The zero-order valence-corrected chi connectivity index (χ0v) is 9.35. The van der Waals surface area contributed by atoms with Crippen LogP contribution in [-0.2, 0) is 0 Å². The van der Waals surface area contributed by atoms with E-state index in [9.17, 15) is 0 Å². The Morgan fingerprint density at radius 1 is 1.31 bits per heavy atom. The van der Waals surface area contributed by atoms with Crippen LogP contribution in [0.15, 0.2) is 12.4 Å². The van der Waals surface area contributed by atoms with Gasteiger partial charge >= 0.3 is 0 Å². The summed E-state index contributed by atoms with van der Waals surface area (Å²) in [6.45, 7) is 3.77. The molecule has 1 saturated heterocycles. The van der Waals surface area contributed by atoms with Crippen molar-refractivity contribution in [2.45, 2.75) is 0 Å². The Balaban J connectivity index is 1.97. The van der Waals surface area contributed by atoms with E-state index in [-0.39, 0.29) is 0 Å². The van der Waals surface area contributed by atoms with Gasteiger partial charge in [-0.05, 0) is 0 Å². The molecule has 6 nitrogen and oxygen atoms in total. The van der Waals surface area contributed by atoms with Crippen molar-refractivity contribution in [1.82, 2.24) is 24.9 Å². The highest BCUT2D eigenvalue weighted by Gasteiger charge is 2.15. The molecule has 0 amide bonds. The highest BCUT2D eigenvalue weighted by atomic mass is 35.5. The number of piperazine rings is 1. The fraction of sp³-hybridized carbons (Fsp3) is 0.444. The van der Waals surface area contributed by atoms with Gasteiger partial charge in [0.1, 0.15) is 0 Å². The molecule has 0 spiro atoms. The topological polar surface area (TPSA) is 58.4 Å². The SMILES string of the molecule is Clc1cnc2nc(N3CCNCC3)nn2c1. The maximum Gasteiger partial charge on any atom is 0.254 e. The lowest BCUT2D eigenvalue weighted by Gasteiger charge is -2.25. The summed E-state index contributed by atoms with van der Waals surface area (Å²) < 4.78 is 1.61. The van der Waals surface area contributed by atoms with E-state index in [0.29, 0.717) is 10.8 Å². The van der Waals surface area contributed by atoms with E-state index in [1.807, 2.05) is 0 Å². The Bertz CT molecular complexity index is 504. The maximum absolute atomic E-state index is 5.84. The second-order valence-electron chi connectivity index (χ2n) is 3.67. The second kappa shape index (κ2) is 3.88. The van der Waals surface area contributed by atoms with Crippen LogP contribution in [0.1, 0.15) is 0 Å². The number of hydrogen-bond donors (Lipinski definition) is 1. The molecule has 2 aromatic rings. The number of anilines is 1. The van der Waals surface area contributed by atoms with Gasteiger partial charge in [-0.3, -0.25) is 0 Å². The van der Waals surface area contributed by atoms with Crippen LogP contribution in [-0.4, -0.2) is 45.8 Å². The molecule has 3 heterocycles. The molecule has 0 bridgehead atoms. The molecule has 7 heteroatoms. The van der Waals surface area contributed by atoms with Crippen molar-refractivity contribution in [2.75, 3.05) is 31.1 Å². The van der Waals surface area contributed by atoms with Crippen LogP contribution < -0.4 is 10.2 Å². The minimum Gasteiger partial charge on any atom is -0.337 e. The van der Waals surface area contributed by atoms with E-state index in [1.165, 1.54) is 0 Å². The van der Waals surface area contributed by atoms with Crippen molar-refractivity contribution in [3.8, 4) is 0 Å². The van der Waals surface area contributed by atoms with Gasteiger partial charge in [0.05, 0.1) is 17.4 Å². The first-order valence-electron chi connectivity index (χ1n) is 5.16. The van der Waals surface area contributed by atoms with Crippen LogP contribution in [0.3, 0.4) is 0 Å². The summed E-state index contributed by atoms with van der Waals surface area (Å²) in [5, 5.41) is 8.20. The first kappa shape index (κ1) is 9.80. The van der Waals surface area contributed by atoms with E-state index < -0.39 is 0 Å². The second-order valence-corrected chi connectivity index (χ2v) is 4.10. The van der Waals surface area contributed by atoms with Crippen molar-refractivity contribution in [1.29, 1.82) is 0 Å². The first-order chi connectivity index (χ1) is 7.83. The zero-order valence-electron chi connectivity index (χ0n) is 8.60. The molecule has 0 aliphatic carbocycles. The Labute approximate surface area is 97.2 Å². The van der Waals surface area contributed by atoms with Gasteiger partial charge in [-0.2, -0.15) is 4.98 Å². The zero-order chi connectivity index (χ0) is 11.0. The molecule has 0 radical (unpaired) electrons. The van der Waals surface area contributed by atoms with E-state index in [1.54, 1.807) is 16.9 Å². The lowest BCUT2D eigenvalue weighted by Crippen LogP contribution is -2.44. The molecule has 0 saturated carbocycles. The molecule has 16 heavy (non-hydrogen) atoms. The molecule has 1 N–H and O–H groups in total. The summed E-state index contributed by atoms with van der Waals surface area (Å²) >= 11 is 5.84. The highest BCUT2D eigenvalue weighted by molar-refractivity contribution is 6.30. The fourth-order valence-electron chi connectivity index (χ4n) is 1.75. The summed E-state index contributed by atoms with van der Waals surface area (Å²) in [6, 6.07) is 0. The summed E-state index contributed by atoms with van der Waals surface area (Å²) in [5.74, 6) is 1.30. The van der Waals surface area contributed by atoms with E-state index in [0.717, 1.165) is 32.1 Å². The number of hydrogen-bond acceptors (Lipinski definition) is 5. The summed E-state index contributed by atoms with van der Waals surface area (Å²) in [7, 11) is 0. The predicted octanol–water partition coefficient (Wildman–Crippen LogP) is 0.187. The number of halogens is 1. The summed E-state index contributed by atoms with van der Waals surface area (Å²) in [5.41, 5.74) is 0. The van der Waals surface area contributed by atoms with E-state index >= 15 is 0 Å². The summed E-state index contributed by atoms with van der Waals surface area (Å²) in [6.07, 6.45) is 3.29. The van der Waals surface area contributed by atoms with Gasteiger partial charge in [-0.15, -0.1) is 5.10 Å². The molecular formula is C9H11ClN6. The maximum atomic E-state index is 5.84. The van der Waals surface area contributed by atoms with Gasteiger partial charge in [0.25, 0.3) is 5.78 Å². The number of nitrogens with one attached hydrogen (secondary N) is 1. The van der Waals surface area contributed by atoms with Gasteiger partial charge in [-0.25, -0.2) is 9.50 Å². The van der Waals surface area contributed by atoms with Crippen LogP contribution >= 0.6 is 11.6 Å². The Kier molecular flexibility index (Phi) is 2.37. The van der Waals surface area contributed by atoms with Crippen LogP contribution in [0.4, 0.5) is 5.95 Å². The van der Waals surface area contributed by atoms with Crippen LogP contribution in [0.25, 0.3) is 5.78 Å². The fourth-order valence-corrected chi connectivity index (χ4v) is 1.89. The lowest BCUT2D eigenvalue weighted by molar-refractivity contribution is 0.580. The van der Waals surface area contributed by atoms with Gasteiger partial charge in [0.15, 0.2) is 0 Å². The minimum absolute atomic E-state index is 0.560. The standard InChI is InChI=1S/C9H11ClN6/c10-7-5-12-8-13-9(14-16(8)6-7)15-3-1-11-2-4-15/h5-6,11H,1-4H2. The molecular weight excluding hydrogens is 228 g/mol. The third kappa shape index (κ3) is 1.70. The normalized spacial score (nSPS) is 16.9. The van der Waals surface area contributed by atoms with Crippen LogP contribution in [0.5, 0.6) is 0 Å². The van der Waals surface area contributed by atoms with Crippen molar-refractivity contribution < 1.29 is 0 Å². The molecule has 84 valence electrons. The van der Waals surface area contributed by atoms with Gasteiger partial charge < -0.3 is 10.2 Å². The molecule has 0 aromatic carbocycles. The van der Waals surface area contributed by atoms with Crippen LogP contribution in [0.2, 0.25) is 5.02 Å². The summed E-state index contributed by atoms with van der Waals surface area (Å²) in [4.78, 5) is 10.6. The van der Waals surface area contributed by atoms with Gasteiger partial charge in [-0.1, -0.05) is 11.6 Å². The molecule has 0 unspecified atom stereocenters. The van der Waals surface area contributed by atoms with Crippen LogP contribution in [0, 0.1) is 0 Å². The molecule has 2 aromatic heterocycles. The first-order valence-corrected chi connectivity index (χ1v) is 5.54. The van der Waals surface area contributed by atoms with E-state index in [2.05, 4.69) is 25.3 Å². The molecule has 0 atom stereocenters. The predicted molar refractivity (Wildman–Crippen MR) is 60.9 cm³/mol. The number of fused-ring (bicyclic) bond motifs is 1. The lowest BCUT2D eigenvalue weighted by atomic mass is 10.4. The number of nitrogens with zero attached hydrogens (tertiary/aromatic N) is 5. The largest absolute Gasteiger partial charge is 0.337 e. The molecule has 1 aliphatic heterocycles. The molecule has 1 fully saturated rings. The van der Waals surface area contributed by atoms with Crippen molar-refractivity contribution in [3.05, 3.63) is 17.4 Å². The minimum atomic E-state index is 0.560. The third-order valence-electron chi connectivity index (χ3n) is 2.55. The Morgan fingerprint density at radius 3 is 2.94 bits per heavy atom. The third-order valence-corrected chi connectivity index (χ3v) is 2.75.